The Bertz CT molecular complexity index is 883. The Morgan fingerprint density at radius 3 is 2.47 bits per heavy atom. The van der Waals surface area contributed by atoms with Crippen LogP contribution in [0.2, 0.25) is 0 Å². The standard InChI is InChI=1S/C17H12N2/c1-2-4-13-10-16-11-15-7-8-18-19-17(15)6-5-14(16)9-12(13)3-1/h1-11,19H. The largest absolute Gasteiger partial charge is 0.278 e. The molecule has 2 aromatic rings. The minimum Gasteiger partial charge on any atom is -0.278 e. The third kappa shape index (κ3) is 1.69. The van der Waals surface area contributed by atoms with Crippen molar-refractivity contribution in [1.82, 2.24) is 5.43 Å². The van der Waals surface area contributed by atoms with Crippen LogP contribution in [0.1, 0.15) is 0 Å². The summed E-state index contributed by atoms with van der Waals surface area (Å²) in [6.45, 7) is 0. The predicted molar refractivity (Wildman–Crippen MR) is 79.9 cm³/mol. The smallest absolute Gasteiger partial charge is 0.0635 e. The topological polar surface area (TPSA) is 24.4 Å². The van der Waals surface area contributed by atoms with Gasteiger partial charge in [-0.3, -0.25) is 5.43 Å². The maximum absolute atomic E-state index is 4.06. The monoisotopic (exact) mass is 244 g/mol. The first kappa shape index (κ1) is 10.3. The molecular weight excluding hydrogens is 232 g/mol. The molecule has 0 unspecified atom stereocenters. The van der Waals surface area contributed by atoms with Crippen molar-refractivity contribution in [3.63, 3.8) is 0 Å². The Morgan fingerprint density at radius 2 is 1.63 bits per heavy atom. The van der Waals surface area contributed by atoms with Crippen LogP contribution in [0.15, 0.2) is 64.9 Å². The molecule has 2 aliphatic rings. The second-order valence-electron chi connectivity index (χ2n) is 4.73. The van der Waals surface area contributed by atoms with E-state index < -0.39 is 0 Å². The predicted octanol–water partition coefficient (Wildman–Crippen LogP) is 1.81. The molecule has 4 rings (SSSR count). The van der Waals surface area contributed by atoms with Crippen molar-refractivity contribution in [1.29, 1.82) is 0 Å². The maximum Gasteiger partial charge on any atom is 0.0635 e. The van der Waals surface area contributed by atoms with Gasteiger partial charge in [-0.15, -0.1) is 0 Å². The molecule has 1 heterocycles. The number of allylic oxidation sites excluding steroid dienone is 3. The summed E-state index contributed by atoms with van der Waals surface area (Å²) in [6.07, 6.45) is 10.2. The molecule has 0 atom stereocenters. The maximum atomic E-state index is 4.06. The number of hydrazone groups is 1. The van der Waals surface area contributed by atoms with E-state index in [-0.39, 0.29) is 0 Å². The van der Waals surface area contributed by atoms with Crippen LogP contribution in [-0.4, -0.2) is 6.21 Å². The number of nitrogens with one attached hydrogen (secondary N) is 1. The van der Waals surface area contributed by atoms with Crippen molar-refractivity contribution in [3.8, 4) is 0 Å². The molecule has 2 nitrogen and oxygen atoms in total. The van der Waals surface area contributed by atoms with Crippen LogP contribution in [0.4, 0.5) is 0 Å². The van der Waals surface area contributed by atoms with Gasteiger partial charge in [0.25, 0.3) is 0 Å². The normalized spacial score (nSPS) is 16.0. The molecule has 0 amide bonds. The van der Waals surface area contributed by atoms with Crippen molar-refractivity contribution in [3.05, 3.63) is 70.3 Å². The summed E-state index contributed by atoms with van der Waals surface area (Å²) in [5.74, 6) is 0. The van der Waals surface area contributed by atoms with E-state index in [9.17, 15) is 0 Å². The van der Waals surface area contributed by atoms with Crippen LogP contribution in [0.5, 0.6) is 0 Å². The summed E-state index contributed by atoms with van der Waals surface area (Å²) in [5.41, 5.74) is 5.25. The molecular formula is C17H12N2. The van der Waals surface area contributed by atoms with Gasteiger partial charge < -0.3 is 0 Å². The van der Waals surface area contributed by atoms with Crippen LogP contribution in [0.25, 0.3) is 22.9 Å². The van der Waals surface area contributed by atoms with E-state index in [2.05, 4.69) is 65.2 Å². The van der Waals surface area contributed by atoms with Gasteiger partial charge in [0.15, 0.2) is 0 Å². The number of rotatable bonds is 0. The lowest BCUT2D eigenvalue weighted by atomic mass is 10.1. The average Bonchev–Trinajstić information content (AvgIpc) is 2.63. The highest BCUT2D eigenvalue weighted by Crippen LogP contribution is 2.14. The van der Waals surface area contributed by atoms with Crippen molar-refractivity contribution < 1.29 is 0 Å². The highest BCUT2D eigenvalue weighted by atomic mass is 15.3. The van der Waals surface area contributed by atoms with Crippen molar-refractivity contribution in [2.75, 3.05) is 0 Å². The molecule has 0 bridgehead atoms. The van der Waals surface area contributed by atoms with Crippen LogP contribution < -0.4 is 15.9 Å². The first-order valence-corrected chi connectivity index (χ1v) is 6.32. The van der Waals surface area contributed by atoms with Gasteiger partial charge in [0.05, 0.1) is 5.70 Å². The van der Waals surface area contributed by atoms with Gasteiger partial charge in [-0.1, -0.05) is 30.3 Å². The van der Waals surface area contributed by atoms with Gasteiger partial charge in [0, 0.05) is 11.8 Å². The Morgan fingerprint density at radius 1 is 0.842 bits per heavy atom. The second-order valence-corrected chi connectivity index (χ2v) is 4.73. The van der Waals surface area contributed by atoms with E-state index in [4.69, 9.17) is 0 Å². The van der Waals surface area contributed by atoms with E-state index in [1.54, 1.807) is 6.21 Å². The molecule has 90 valence electrons. The second kappa shape index (κ2) is 3.95. The molecule has 0 spiro atoms. The Balaban J connectivity index is 2.09. The Hall–Kier alpha value is -2.61. The highest BCUT2D eigenvalue weighted by Gasteiger charge is 2.06. The van der Waals surface area contributed by atoms with Crippen LogP contribution in [0, 0.1) is 0 Å². The van der Waals surface area contributed by atoms with Gasteiger partial charge in [-0.2, -0.15) is 5.10 Å². The molecule has 2 aromatic carbocycles. The molecule has 0 aromatic heterocycles. The lowest BCUT2D eigenvalue weighted by Gasteiger charge is -2.09. The minimum absolute atomic E-state index is 1.04. The fraction of sp³-hybridized carbons (Fsp3) is 0. The Labute approximate surface area is 110 Å². The molecule has 0 saturated carbocycles. The molecule has 0 radical (unpaired) electrons. The molecule has 0 saturated heterocycles. The molecule has 1 N–H and O–H groups in total. The molecule has 19 heavy (non-hydrogen) atoms. The van der Waals surface area contributed by atoms with Crippen LogP contribution in [0.3, 0.4) is 0 Å². The number of nitrogens with zero attached hydrogens (tertiary/aromatic N) is 1. The quantitative estimate of drug-likeness (QED) is 0.751. The van der Waals surface area contributed by atoms with Gasteiger partial charge in [-0.25, -0.2) is 0 Å². The van der Waals surface area contributed by atoms with Crippen LogP contribution in [-0.2, 0) is 0 Å². The summed E-state index contributed by atoms with van der Waals surface area (Å²) in [6, 6.07) is 12.9. The highest BCUT2D eigenvalue weighted by molar-refractivity contribution is 5.85. The zero-order valence-electron chi connectivity index (χ0n) is 10.3. The van der Waals surface area contributed by atoms with Crippen LogP contribution >= 0.6 is 0 Å². The third-order valence-electron chi connectivity index (χ3n) is 3.52. The number of benzene rings is 2. The number of hydrogen-bond acceptors (Lipinski definition) is 2. The van der Waals surface area contributed by atoms with E-state index in [1.165, 1.54) is 26.8 Å². The van der Waals surface area contributed by atoms with Gasteiger partial charge in [0.2, 0.25) is 0 Å². The first-order valence-electron chi connectivity index (χ1n) is 6.32. The first-order chi connectivity index (χ1) is 9.40. The molecule has 1 aliphatic carbocycles. The number of hydrogen-bond donors (Lipinski definition) is 1. The summed E-state index contributed by atoms with van der Waals surface area (Å²) in [5, 5.41) is 9.09. The lowest BCUT2D eigenvalue weighted by molar-refractivity contribution is 0.908. The van der Waals surface area contributed by atoms with Gasteiger partial charge in [0.1, 0.15) is 0 Å². The summed E-state index contributed by atoms with van der Waals surface area (Å²) in [7, 11) is 0. The molecule has 1 aliphatic heterocycles. The van der Waals surface area contributed by atoms with E-state index in [0.29, 0.717) is 0 Å². The fourth-order valence-electron chi connectivity index (χ4n) is 2.52. The fourth-order valence-corrected chi connectivity index (χ4v) is 2.52. The van der Waals surface area contributed by atoms with E-state index >= 15 is 0 Å². The summed E-state index contributed by atoms with van der Waals surface area (Å²) in [4.78, 5) is 0. The van der Waals surface area contributed by atoms with Gasteiger partial charge >= 0.3 is 0 Å². The molecule has 2 heteroatoms. The van der Waals surface area contributed by atoms with Crippen molar-refractivity contribution >= 4 is 29.1 Å². The Kier molecular flexibility index (Phi) is 2.15. The van der Waals surface area contributed by atoms with Crippen molar-refractivity contribution in [2.24, 2.45) is 5.10 Å². The minimum atomic E-state index is 1.04. The van der Waals surface area contributed by atoms with E-state index in [1.807, 2.05) is 6.08 Å². The zero-order chi connectivity index (χ0) is 12.7. The summed E-state index contributed by atoms with van der Waals surface area (Å²) < 4.78 is 0. The molecule has 0 fully saturated rings. The number of fused-ring (bicyclic) bond motifs is 3. The SMILES string of the molecule is C1=NNC2=CC=c3cc4ccccc4cc3=CC2=C1. The van der Waals surface area contributed by atoms with E-state index in [0.717, 1.165) is 5.70 Å². The van der Waals surface area contributed by atoms with Crippen molar-refractivity contribution in [2.45, 2.75) is 0 Å². The van der Waals surface area contributed by atoms with Gasteiger partial charge in [-0.05, 0) is 51.6 Å². The summed E-state index contributed by atoms with van der Waals surface area (Å²) >= 11 is 0. The average molecular weight is 244 g/mol. The third-order valence-corrected chi connectivity index (χ3v) is 3.52. The zero-order valence-corrected chi connectivity index (χ0v) is 10.3. The lowest BCUT2D eigenvalue weighted by Crippen LogP contribution is -2.23.